The lowest BCUT2D eigenvalue weighted by atomic mass is 9.91. The summed E-state index contributed by atoms with van der Waals surface area (Å²) in [6.45, 7) is 6.56. The molecule has 1 saturated heterocycles. The lowest BCUT2D eigenvalue weighted by molar-refractivity contribution is -0.385. The molecule has 0 bridgehead atoms. The van der Waals surface area contributed by atoms with Gasteiger partial charge in [-0.25, -0.2) is 4.98 Å². The van der Waals surface area contributed by atoms with E-state index in [1.165, 1.54) is 11.8 Å². The van der Waals surface area contributed by atoms with Crippen molar-refractivity contribution in [3.63, 3.8) is 0 Å². The summed E-state index contributed by atoms with van der Waals surface area (Å²) in [4.78, 5) is 17.0. The van der Waals surface area contributed by atoms with Crippen molar-refractivity contribution < 1.29 is 4.92 Å². The summed E-state index contributed by atoms with van der Waals surface area (Å²) >= 11 is 0. The van der Waals surface area contributed by atoms with Gasteiger partial charge in [0.05, 0.1) is 11.1 Å². The number of aryl methyl sites for hydroxylation is 2. The van der Waals surface area contributed by atoms with Crippen LogP contribution in [0.2, 0.25) is 0 Å². The molecule has 2 aromatic rings. The smallest absolute Gasteiger partial charge is 0.290 e. The van der Waals surface area contributed by atoms with Gasteiger partial charge in [-0.15, -0.1) is 0 Å². The van der Waals surface area contributed by atoms with Gasteiger partial charge in [0.2, 0.25) is 0 Å². The van der Waals surface area contributed by atoms with Crippen LogP contribution < -0.4 is 4.90 Å². The van der Waals surface area contributed by atoms with E-state index in [9.17, 15) is 10.1 Å². The van der Waals surface area contributed by atoms with Gasteiger partial charge in [-0.05, 0) is 44.2 Å². The minimum absolute atomic E-state index is 0.0793. The fourth-order valence-electron chi connectivity index (χ4n) is 3.10. The molecule has 0 atom stereocenters. The normalized spacial score (nSPS) is 15.8. The third kappa shape index (κ3) is 3.18. The average Bonchev–Trinajstić information content (AvgIpc) is 3.03. The highest BCUT2D eigenvalue weighted by molar-refractivity contribution is 5.49. The van der Waals surface area contributed by atoms with Crippen LogP contribution in [0.15, 0.2) is 24.7 Å². The molecule has 0 saturated carbocycles. The van der Waals surface area contributed by atoms with Gasteiger partial charge in [0.25, 0.3) is 5.69 Å². The van der Waals surface area contributed by atoms with Crippen molar-refractivity contribution in [1.29, 1.82) is 0 Å². The lowest BCUT2D eigenvalue weighted by Crippen LogP contribution is -2.33. The Hall–Kier alpha value is -2.44. The Kier molecular flexibility index (Phi) is 4.27. The van der Waals surface area contributed by atoms with E-state index in [0.717, 1.165) is 38.3 Å². The minimum atomic E-state index is -0.385. The Morgan fingerprint density at radius 1 is 1.35 bits per heavy atom. The van der Waals surface area contributed by atoms with Gasteiger partial charge >= 0.3 is 0 Å². The topological polar surface area (TPSA) is 77.1 Å². The maximum atomic E-state index is 10.9. The Morgan fingerprint density at radius 3 is 2.65 bits per heavy atom. The van der Waals surface area contributed by atoms with Gasteiger partial charge < -0.3 is 4.90 Å². The van der Waals surface area contributed by atoms with Crippen LogP contribution in [0.25, 0.3) is 0 Å². The number of rotatable bonds is 4. The Labute approximate surface area is 135 Å². The summed E-state index contributed by atoms with van der Waals surface area (Å²) in [7, 11) is 0. The Balaban J connectivity index is 1.67. The largest absolute Gasteiger partial charge is 0.357 e. The van der Waals surface area contributed by atoms with Crippen LogP contribution in [0.3, 0.4) is 0 Å². The second-order valence-electron chi connectivity index (χ2n) is 5.98. The number of hydrogen-bond donors (Lipinski definition) is 0. The molecule has 1 fully saturated rings. The van der Waals surface area contributed by atoms with Crippen molar-refractivity contribution in [1.82, 2.24) is 14.8 Å². The van der Waals surface area contributed by atoms with E-state index in [0.29, 0.717) is 11.5 Å². The predicted molar refractivity (Wildman–Crippen MR) is 87.7 cm³/mol. The Morgan fingerprint density at radius 2 is 2.09 bits per heavy atom. The minimum Gasteiger partial charge on any atom is -0.357 e. The van der Waals surface area contributed by atoms with Crippen molar-refractivity contribution in [2.75, 3.05) is 18.0 Å². The summed E-state index contributed by atoms with van der Waals surface area (Å²) in [5.74, 6) is 1.36. The number of hydrogen-bond acceptors (Lipinski definition) is 5. The first-order chi connectivity index (χ1) is 11.1. The van der Waals surface area contributed by atoms with Crippen LogP contribution in [-0.2, 0) is 6.54 Å². The zero-order valence-corrected chi connectivity index (χ0v) is 13.5. The standard InChI is InChI=1S/C16H21N5O2/c1-3-20-11-14(9-18-20)13-4-6-19(7-5-13)16-8-12(2)15(10-17-16)21(22)23/h8-11,13H,3-7H2,1-2H3. The molecule has 0 aliphatic carbocycles. The number of nitro groups is 1. The van der Waals surface area contributed by atoms with E-state index in [1.54, 1.807) is 6.92 Å². The van der Waals surface area contributed by atoms with Gasteiger partial charge in [0.15, 0.2) is 0 Å². The summed E-state index contributed by atoms with van der Waals surface area (Å²) in [6, 6.07) is 1.81. The maximum absolute atomic E-state index is 10.9. The maximum Gasteiger partial charge on any atom is 0.290 e. The Bertz CT molecular complexity index is 704. The van der Waals surface area contributed by atoms with E-state index in [2.05, 4.69) is 28.1 Å². The lowest BCUT2D eigenvalue weighted by Gasteiger charge is -2.32. The molecule has 0 N–H and O–H groups in total. The quantitative estimate of drug-likeness (QED) is 0.640. The third-order valence-corrected chi connectivity index (χ3v) is 4.53. The number of anilines is 1. The molecule has 0 unspecified atom stereocenters. The number of nitrogens with zero attached hydrogens (tertiary/aromatic N) is 5. The summed E-state index contributed by atoms with van der Waals surface area (Å²) in [5, 5.41) is 15.2. The van der Waals surface area contributed by atoms with Crippen LogP contribution in [0, 0.1) is 17.0 Å². The molecule has 3 heterocycles. The zero-order chi connectivity index (χ0) is 16.4. The molecule has 1 aliphatic heterocycles. The number of piperidine rings is 1. The first-order valence-corrected chi connectivity index (χ1v) is 7.96. The van der Waals surface area contributed by atoms with Crippen LogP contribution in [0.1, 0.15) is 36.8 Å². The van der Waals surface area contributed by atoms with Crippen molar-refractivity contribution in [2.45, 2.75) is 39.2 Å². The molecule has 7 nitrogen and oxygen atoms in total. The monoisotopic (exact) mass is 315 g/mol. The van der Waals surface area contributed by atoms with Gasteiger partial charge in [0, 0.05) is 31.4 Å². The first kappa shape index (κ1) is 15.5. The van der Waals surface area contributed by atoms with Gasteiger partial charge in [0.1, 0.15) is 12.0 Å². The molecule has 2 aromatic heterocycles. The third-order valence-electron chi connectivity index (χ3n) is 4.53. The van der Waals surface area contributed by atoms with E-state index >= 15 is 0 Å². The summed E-state index contributed by atoms with van der Waals surface area (Å²) in [6.07, 6.45) is 7.56. The highest BCUT2D eigenvalue weighted by Crippen LogP contribution is 2.30. The van der Waals surface area contributed by atoms with E-state index in [1.807, 2.05) is 16.9 Å². The molecular weight excluding hydrogens is 294 g/mol. The molecule has 0 spiro atoms. The van der Waals surface area contributed by atoms with Gasteiger partial charge in [-0.3, -0.25) is 14.8 Å². The van der Waals surface area contributed by atoms with E-state index < -0.39 is 0 Å². The summed E-state index contributed by atoms with van der Waals surface area (Å²) in [5.41, 5.74) is 2.04. The van der Waals surface area contributed by atoms with Crippen LogP contribution in [0.4, 0.5) is 11.5 Å². The first-order valence-electron chi connectivity index (χ1n) is 7.96. The van der Waals surface area contributed by atoms with Crippen LogP contribution >= 0.6 is 0 Å². The fourth-order valence-corrected chi connectivity index (χ4v) is 3.10. The van der Waals surface area contributed by atoms with Crippen molar-refractivity contribution in [2.24, 2.45) is 0 Å². The number of aromatic nitrogens is 3. The molecular formula is C16H21N5O2. The zero-order valence-electron chi connectivity index (χ0n) is 13.5. The molecule has 0 amide bonds. The van der Waals surface area contributed by atoms with Crippen molar-refractivity contribution in [3.05, 3.63) is 45.9 Å². The molecule has 0 radical (unpaired) electrons. The SMILES string of the molecule is CCn1cc(C2CCN(c3cc(C)c([N+](=O)[O-])cn3)CC2)cn1. The molecule has 0 aromatic carbocycles. The average molecular weight is 315 g/mol. The van der Waals surface area contributed by atoms with E-state index in [-0.39, 0.29) is 10.6 Å². The predicted octanol–water partition coefficient (Wildman–Crippen LogP) is 2.90. The van der Waals surface area contributed by atoms with Crippen molar-refractivity contribution in [3.8, 4) is 0 Å². The van der Waals surface area contributed by atoms with Gasteiger partial charge in [-0.2, -0.15) is 5.10 Å². The van der Waals surface area contributed by atoms with Gasteiger partial charge in [-0.1, -0.05) is 0 Å². The summed E-state index contributed by atoms with van der Waals surface area (Å²) < 4.78 is 1.96. The second kappa shape index (κ2) is 6.36. The molecule has 7 heteroatoms. The second-order valence-corrected chi connectivity index (χ2v) is 5.98. The van der Waals surface area contributed by atoms with Crippen molar-refractivity contribution >= 4 is 11.5 Å². The molecule has 122 valence electrons. The highest BCUT2D eigenvalue weighted by atomic mass is 16.6. The van der Waals surface area contributed by atoms with Crippen LogP contribution in [-0.4, -0.2) is 32.8 Å². The number of pyridine rings is 1. The fraction of sp³-hybridized carbons (Fsp3) is 0.500. The molecule has 3 rings (SSSR count). The highest BCUT2D eigenvalue weighted by Gasteiger charge is 2.23. The molecule has 23 heavy (non-hydrogen) atoms. The molecule has 1 aliphatic rings. The van der Waals surface area contributed by atoms with E-state index in [4.69, 9.17) is 0 Å². The van der Waals surface area contributed by atoms with Crippen LogP contribution in [0.5, 0.6) is 0 Å².